The van der Waals surface area contributed by atoms with E-state index in [9.17, 15) is 22.8 Å². The minimum Gasteiger partial charge on any atom is -0.379 e. The highest BCUT2D eigenvalue weighted by molar-refractivity contribution is 7.09. The second kappa shape index (κ2) is 9.55. The summed E-state index contributed by atoms with van der Waals surface area (Å²) in [4.78, 5) is 31.1. The van der Waals surface area contributed by atoms with E-state index in [2.05, 4.69) is 10.4 Å². The number of nitrogens with one attached hydrogen (secondary N) is 1. The predicted octanol–water partition coefficient (Wildman–Crippen LogP) is 3.16. The smallest absolute Gasteiger partial charge is 0.379 e. The third kappa shape index (κ3) is 5.11. The molecular formula is C21H23F3N4O3S. The van der Waals surface area contributed by atoms with Crippen LogP contribution >= 0.6 is 11.3 Å². The number of morpholine rings is 1. The Morgan fingerprint density at radius 1 is 1.09 bits per heavy atom. The van der Waals surface area contributed by atoms with Crippen molar-refractivity contribution in [2.45, 2.75) is 24.9 Å². The summed E-state index contributed by atoms with van der Waals surface area (Å²) in [7, 11) is 0. The van der Waals surface area contributed by atoms with Crippen molar-refractivity contribution >= 4 is 23.2 Å². The van der Waals surface area contributed by atoms with Crippen LogP contribution in [0.1, 0.15) is 50.2 Å². The first-order valence-electron chi connectivity index (χ1n) is 10.4. The van der Waals surface area contributed by atoms with E-state index in [1.54, 1.807) is 10.4 Å². The van der Waals surface area contributed by atoms with Gasteiger partial charge < -0.3 is 9.64 Å². The molecule has 3 heterocycles. The highest BCUT2D eigenvalue weighted by Crippen LogP contribution is 2.34. The van der Waals surface area contributed by atoms with Gasteiger partial charge >= 0.3 is 6.18 Å². The van der Waals surface area contributed by atoms with E-state index in [0.29, 0.717) is 57.9 Å². The summed E-state index contributed by atoms with van der Waals surface area (Å²) in [5, 5.41) is 4.32. The van der Waals surface area contributed by atoms with Gasteiger partial charge in [-0.1, -0.05) is 12.1 Å². The maximum absolute atomic E-state index is 13.3. The topological polar surface area (TPSA) is 74.8 Å². The van der Waals surface area contributed by atoms with Gasteiger partial charge in [0.2, 0.25) is 0 Å². The number of piperidine rings is 1. The Labute approximate surface area is 187 Å². The number of amides is 2. The van der Waals surface area contributed by atoms with Gasteiger partial charge in [0.05, 0.1) is 29.3 Å². The average Bonchev–Trinajstić information content (AvgIpc) is 3.29. The van der Waals surface area contributed by atoms with Gasteiger partial charge in [0.25, 0.3) is 11.8 Å². The fraction of sp³-hybridized carbons (Fsp3) is 0.476. The van der Waals surface area contributed by atoms with Crippen molar-refractivity contribution in [2.75, 3.05) is 39.4 Å². The van der Waals surface area contributed by atoms with Crippen molar-refractivity contribution in [3.8, 4) is 0 Å². The van der Waals surface area contributed by atoms with E-state index in [4.69, 9.17) is 4.74 Å². The van der Waals surface area contributed by atoms with E-state index in [0.717, 1.165) is 11.1 Å². The van der Waals surface area contributed by atoms with Gasteiger partial charge in [-0.3, -0.25) is 15.0 Å². The lowest BCUT2D eigenvalue weighted by atomic mass is 9.96. The fourth-order valence-corrected chi connectivity index (χ4v) is 4.84. The van der Waals surface area contributed by atoms with Crippen molar-refractivity contribution < 1.29 is 27.5 Å². The number of hydrogen-bond acceptors (Lipinski definition) is 6. The normalized spacial score (nSPS) is 18.5. The molecule has 4 rings (SSSR count). The predicted molar refractivity (Wildman–Crippen MR) is 111 cm³/mol. The summed E-state index contributed by atoms with van der Waals surface area (Å²) in [6, 6.07) is 4.87. The molecule has 11 heteroatoms. The molecule has 2 aliphatic rings. The largest absolute Gasteiger partial charge is 0.417 e. The second-order valence-electron chi connectivity index (χ2n) is 7.72. The van der Waals surface area contributed by atoms with Crippen LogP contribution in [0.3, 0.4) is 0 Å². The summed E-state index contributed by atoms with van der Waals surface area (Å²) < 4.78 is 45.0. The summed E-state index contributed by atoms with van der Waals surface area (Å²) in [6.45, 7) is 3.04. The highest BCUT2D eigenvalue weighted by Gasteiger charge is 2.36. The molecule has 1 N–H and O–H groups in total. The standard InChI is InChI=1S/C21H23F3N4O3S/c22-21(23,24)16-4-2-1-3-15(16)20(30)27-7-5-14(6-8-27)19-25-17(13-32-19)18(29)26-28-9-11-31-12-10-28/h1-4,13-14H,5-12H2,(H,26,29). The lowest BCUT2D eigenvalue weighted by Crippen LogP contribution is -2.48. The van der Waals surface area contributed by atoms with Crippen LogP contribution in [0.2, 0.25) is 0 Å². The van der Waals surface area contributed by atoms with Crippen molar-refractivity contribution in [1.29, 1.82) is 0 Å². The number of carbonyl (C=O) groups excluding carboxylic acids is 2. The molecule has 2 aromatic rings. The van der Waals surface area contributed by atoms with Crippen molar-refractivity contribution in [2.24, 2.45) is 0 Å². The van der Waals surface area contributed by atoms with E-state index < -0.39 is 17.6 Å². The first-order valence-corrected chi connectivity index (χ1v) is 11.3. The zero-order valence-corrected chi connectivity index (χ0v) is 18.0. The van der Waals surface area contributed by atoms with E-state index in [-0.39, 0.29) is 17.4 Å². The number of alkyl halides is 3. The monoisotopic (exact) mass is 468 g/mol. The maximum Gasteiger partial charge on any atom is 0.417 e. The molecule has 0 saturated carbocycles. The van der Waals surface area contributed by atoms with Gasteiger partial charge in [-0.25, -0.2) is 9.99 Å². The number of ether oxygens (including phenoxy) is 1. The van der Waals surface area contributed by atoms with Gasteiger partial charge in [0.15, 0.2) is 0 Å². The van der Waals surface area contributed by atoms with Crippen LogP contribution in [0.25, 0.3) is 0 Å². The number of carbonyl (C=O) groups is 2. The Balaban J connectivity index is 1.35. The second-order valence-corrected chi connectivity index (χ2v) is 8.61. The number of hydrogen-bond donors (Lipinski definition) is 1. The Hall–Kier alpha value is -2.50. The lowest BCUT2D eigenvalue weighted by Gasteiger charge is -2.31. The van der Waals surface area contributed by atoms with Crippen molar-refractivity contribution in [3.05, 3.63) is 51.5 Å². The van der Waals surface area contributed by atoms with Crippen LogP contribution in [-0.4, -0.2) is 66.1 Å². The molecule has 0 bridgehead atoms. The van der Waals surface area contributed by atoms with Crippen LogP contribution in [0, 0.1) is 0 Å². The lowest BCUT2D eigenvalue weighted by molar-refractivity contribution is -0.138. The molecular weight excluding hydrogens is 445 g/mol. The number of benzene rings is 1. The molecule has 0 atom stereocenters. The molecule has 2 aliphatic heterocycles. The molecule has 1 aromatic heterocycles. The van der Waals surface area contributed by atoms with Crippen LogP contribution in [0.5, 0.6) is 0 Å². The molecule has 0 radical (unpaired) electrons. The third-order valence-corrected chi connectivity index (χ3v) is 6.63. The van der Waals surface area contributed by atoms with Crippen LogP contribution in [-0.2, 0) is 10.9 Å². The molecule has 172 valence electrons. The fourth-order valence-electron chi connectivity index (χ4n) is 3.87. The molecule has 2 saturated heterocycles. The van der Waals surface area contributed by atoms with Gasteiger partial charge in [0, 0.05) is 37.5 Å². The van der Waals surface area contributed by atoms with E-state index in [1.165, 1.54) is 34.4 Å². The van der Waals surface area contributed by atoms with Crippen LogP contribution in [0.15, 0.2) is 29.6 Å². The number of halogens is 3. The summed E-state index contributed by atoms with van der Waals surface area (Å²) in [5.74, 6) is -0.821. The number of rotatable bonds is 4. The minimum absolute atomic E-state index is 0.0619. The summed E-state index contributed by atoms with van der Waals surface area (Å²) in [5.41, 5.74) is 1.93. The average molecular weight is 469 g/mol. The molecule has 32 heavy (non-hydrogen) atoms. The first-order chi connectivity index (χ1) is 15.3. The number of aromatic nitrogens is 1. The third-order valence-electron chi connectivity index (χ3n) is 5.62. The molecule has 7 nitrogen and oxygen atoms in total. The molecule has 1 aromatic carbocycles. The molecule has 0 unspecified atom stereocenters. The summed E-state index contributed by atoms with van der Waals surface area (Å²) in [6.07, 6.45) is -3.42. The number of nitrogens with zero attached hydrogens (tertiary/aromatic N) is 3. The molecule has 0 aliphatic carbocycles. The van der Waals surface area contributed by atoms with Crippen molar-refractivity contribution in [1.82, 2.24) is 20.3 Å². The Kier molecular flexibility index (Phi) is 6.77. The zero-order chi connectivity index (χ0) is 22.7. The minimum atomic E-state index is -4.58. The Morgan fingerprint density at radius 2 is 1.78 bits per heavy atom. The van der Waals surface area contributed by atoms with Gasteiger partial charge in [-0.15, -0.1) is 11.3 Å². The van der Waals surface area contributed by atoms with Gasteiger partial charge in [0.1, 0.15) is 5.69 Å². The number of likely N-dealkylation sites (tertiary alicyclic amines) is 1. The quantitative estimate of drug-likeness (QED) is 0.746. The molecule has 0 spiro atoms. The SMILES string of the molecule is O=C(NN1CCOCC1)c1csc(C2CCN(C(=O)c3ccccc3C(F)(F)F)CC2)n1. The van der Waals surface area contributed by atoms with Gasteiger partial charge in [-0.05, 0) is 25.0 Å². The molecule has 2 fully saturated rings. The number of thiazole rings is 1. The van der Waals surface area contributed by atoms with Gasteiger partial charge in [-0.2, -0.15) is 13.2 Å². The van der Waals surface area contributed by atoms with Crippen molar-refractivity contribution in [3.63, 3.8) is 0 Å². The van der Waals surface area contributed by atoms with E-state index in [1.807, 2.05) is 0 Å². The number of hydrazine groups is 1. The highest BCUT2D eigenvalue weighted by atomic mass is 32.1. The maximum atomic E-state index is 13.3. The Bertz CT molecular complexity index is 967. The van der Waals surface area contributed by atoms with Crippen LogP contribution < -0.4 is 5.43 Å². The first kappa shape index (κ1) is 22.7. The zero-order valence-electron chi connectivity index (χ0n) is 17.2. The Morgan fingerprint density at radius 3 is 2.47 bits per heavy atom. The summed E-state index contributed by atoms with van der Waals surface area (Å²) >= 11 is 1.39. The van der Waals surface area contributed by atoms with E-state index >= 15 is 0 Å². The molecule has 2 amide bonds. The van der Waals surface area contributed by atoms with Crippen LogP contribution in [0.4, 0.5) is 13.2 Å².